The Morgan fingerprint density at radius 1 is 1.29 bits per heavy atom. The van der Waals surface area contributed by atoms with Crippen LogP contribution in [0.4, 0.5) is 5.82 Å². The third-order valence-corrected chi connectivity index (χ3v) is 4.54. The van der Waals surface area contributed by atoms with Crippen LogP contribution < -0.4 is 17.3 Å². The van der Waals surface area contributed by atoms with Gasteiger partial charge in [-0.1, -0.05) is 11.3 Å². The smallest absolute Gasteiger partial charge is 1.00 e. The molecule has 0 aromatic carbocycles. The molecule has 0 spiro atoms. The van der Waals surface area contributed by atoms with Gasteiger partial charge in [-0.25, -0.2) is 9.97 Å². The molecule has 1 aliphatic rings. The van der Waals surface area contributed by atoms with Gasteiger partial charge in [0, 0.05) is 19.5 Å². The summed E-state index contributed by atoms with van der Waals surface area (Å²) in [6.45, 7) is 2.15. The zero-order valence-corrected chi connectivity index (χ0v) is 13.2. The Kier molecular flexibility index (Phi) is 5.36. The quantitative estimate of drug-likeness (QED) is 0.843. The maximum absolute atomic E-state index is 10.6. The molecule has 0 saturated carbocycles. The highest BCUT2D eigenvalue weighted by Gasteiger charge is 2.14. The monoisotopic (exact) mass is 327 g/mol. The van der Waals surface area contributed by atoms with Crippen LogP contribution in [0.15, 0.2) is 12.1 Å². The molecular formula is C14H18ClN3O2S. The predicted octanol–water partition coefficient (Wildman–Crippen LogP) is -0.185. The molecule has 21 heavy (non-hydrogen) atoms. The van der Waals surface area contributed by atoms with Crippen LogP contribution in [0.5, 0.6) is 0 Å². The number of pyridine rings is 1. The van der Waals surface area contributed by atoms with Gasteiger partial charge < -0.3 is 22.4 Å². The fourth-order valence-electron chi connectivity index (χ4n) is 2.47. The summed E-state index contributed by atoms with van der Waals surface area (Å²) in [5, 5.41) is 9.57. The molecule has 5 nitrogen and oxygen atoms in total. The first kappa shape index (κ1) is 16.0. The lowest BCUT2D eigenvalue weighted by molar-refractivity contribution is -0.136. The zero-order chi connectivity index (χ0) is 13.9. The van der Waals surface area contributed by atoms with Crippen LogP contribution in [0.1, 0.15) is 32.1 Å². The fraction of sp³-hybridized carbons (Fsp3) is 0.500. The van der Waals surface area contributed by atoms with E-state index in [1.165, 1.54) is 30.6 Å². The number of carbonyl (C=O) groups is 1. The third kappa shape index (κ3) is 3.83. The van der Waals surface area contributed by atoms with Crippen molar-refractivity contribution in [2.45, 2.75) is 32.1 Å². The Morgan fingerprint density at radius 3 is 2.76 bits per heavy atom. The van der Waals surface area contributed by atoms with Crippen LogP contribution in [0.3, 0.4) is 0 Å². The van der Waals surface area contributed by atoms with Crippen LogP contribution in [-0.4, -0.2) is 34.1 Å². The number of aliphatic carboxylic acids is 1. The second-order valence-electron chi connectivity index (χ2n) is 5.04. The molecule has 1 aliphatic heterocycles. The molecule has 1 saturated heterocycles. The summed E-state index contributed by atoms with van der Waals surface area (Å²) in [6, 6.07) is 4.02. The number of aromatic nitrogens is 2. The Bertz CT molecular complexity index is 632. The highest BCUT2D eigenvalue weighted by Crippen LogP contribution is 2.25. The predicted molar refractivity (Wildman–Crippen MR) is 80.5 cm³/mol. The van der Waals surface area contributed by atoms with Crippen LogP contribution in [-0.2, 0) is 11.2 Å². The van der Waals surface area contributed by atoms with E-state index < -0.39 is 5.97 Å². The van der Waals surface area contributed by atoms with Gasteiger partial charge in [-0.3, -0.25) is 4.79 Å². The topological polar surface area (TPSA) is 66.3 Å². The standard InChI is InChI=1S/C14H17N3O2S.ClH/c18-13(19)7-6-12-15-10-4-5-11(16-14(10)20-12)17-8-2-1-3-9-17;/h4-5H,1-3,6-9H2,(H,18,19);1H. The summed E-state index contributed by atoms with van der Waals surface area (Å²) in [6.07, 6.45) is 4.37. The van der Waals surface area contributed by atoms with Crippen LogP contribution in [0.25, 0.3) is 10.3 Å². The minimum atomic E-state index is -0.786. The van der Waals surface area contributed by atoms with Crippen molar-refractivity contribution in [1.82, 2.24) is 9.97 Å². The number of piperidine rings is 1. The number of hydrogen-bond acceptors (Lipinski definition) is 5. The second-order valence-corrected chi connectivity index (χ2v) is 6.10. The zero-order valence-electron chi connectivity index (χ0n) is 12.6. The van der Waals surface area contributed by atoms with E-state index in [9.17, 15) is 4.79 Å². The average Bonchev–Trinajstić information content (AvgIpc) is 2.88. The van der Waals surface area contributed by atoms with Gasteiger partial charge in [-0.15, -0.1) is 0 Å². The molecule has 7 heteroatoms. The number of anilines is 1. The minimum Gasteiger partial charge on any atom is -1.00 e. The summed E-state index contributed by atoms with van der Waals surface area (Å²) in [5.41, 5.74) is 0.871. The van der Waals surface area contributed by atoms with Gasteiger partial charge in [0.05, 0.1) is 11.4 Å². The van der Waals surface area contributed by atoms with E-state index >= 15 is 0 Å². The van der Waals surface area contributed by atoms with Gasteiger partial charge in [0.25, 0.3) is 0 Å². The van der Waals surface area contributed by atoms with E-state index in [2.05, 4.69) is 14.9 Å². The molecule has 3 heterocycles. The molecule has 0 radical (unpaired) electrons. The van der Waals surface area contributed by atoms with Crippen LogP contribution in [0, 0.1) is 0 Å². The van der Waals surface area contributed by atoms with Crippen LogP contribution >= 0.6 is 11.3 Å². The van der Waals surface area contributed by atoms with Crippen molar-refractivity contribution in [2.24, 2.45) is 0 Å². The molecule has 0 atom stereocenters. The van der Waals surface area contributed by atoms with Crippen molar-refractivity contribution in [3.8, 4) is 0 Å². The first-order valence-electron chi connectivity index (χ1n) is 6.95. The lowest BCUT2D eigenvalue weighted by Gasteiger charge is -2.27. The first-order chi connectivity index (χ1) is 9.72. The second kappa shape index (κ2) is 7.04. The van der Waals surface area contributed by atoms with Gasteiger partial charge in [0.2, 0.25) is 0 Å². The minimum absolute atomic E-state index is 0. The molecule has 0 amide bonds. The van der Waals surface area contributed by atoms with Crippen molar-refractivity contribution in [1.29, 1.82) is 0 Å². The van der Waals surface area contributed by atoms with E-state index in [4.69, 9.17) is 5.11 Å². The van der Waals surface area contributed by atoms with Gasteiger partial charge in [0.15, 0.2) is 0 Å². The number of nitrogens with zero attached hydrogens (tertiary/aromatic N) is 3. The number of carboxylic acid groups (broad SMARTS) is 1. The number of hydrogen-bond donors (Lipinski definition) is 1. The van der Waals surface area contributed by atoms with Crippen molar-refractivity contribution < 1.29 is 23.7 Å². The highest BCUT2D eigenvalue weighted by molar-refractivity contribution is 7.18. The summed E-state index contributed by atoms with van der Waals surface area (Å²) < 4.78 is 0. The van der Waals surface area contributed by atoms with E-state index in [0.717, 1.165) is 34.3 Å². The fourth-order valence-corrected chi connectivity index (χ4v) is 3.40. The van der Waals surface area contributed by atoms with Crippen molar-refractivity contribution in [3.05, 3.63) is 17.1 Å². The maximum atomic E-state index is 10.6. The SMILES string of the molecule is O=C(O)CCc1nc2ccc(N3CCCCC3)nc2s1.[Cl-].[H+]. The summed E-state index contributed by atoms with van der Waals surface area (Å²) >= 11 is 1.51. The molecule has 0 unspecified atom stereocenters. The molecular weight excluding hydrogens is 310 g/mol. The molecule has 2 aromatic rings. The number of thiazole rings is 1. The molecule has 114 valence electrons. The molecule has 0 aliphatic carbocycles. The Morgan fingerprint density at radius 2 is 2.05 bits per heavy atom. The van der Waals surface area contributed by atoms with Gasteiger partial charge >= 0.3 is 7.40 Å². The van der Waals surface area contributed by atoms with Crippen molar-refractivity contribution in [2.75, 3.05) is 18.0 Å². The number of rotatable bonds is 4. The van der Waals surface area contributed by atoms with Gasteiger partial charge in [-0.05, 0) is 31.4 Å². The average molecular weight is 328 g/mol. The molecule has 1 fully saturated rings. The Labute approximate surface area is 134 Å². The number of carboxylic acids is 1. The lowest BCUT2D eigenvalue weighted by Crippen LogP contribution is -3.00. The van der Waals surface area contributed by atoms with E-state index in [0.29, 0.717) is 6.42 Å². The molecule has 0 bridgehead atoms. The molecule has 1 N–H and O–H groups in total. The Balaban J connectivity index is 0.00000121. The lowest BCUT2D eigenvalue weighted by atomic mass is 10.1. The first-order valence-corrected chi connectivity index (χ1v) is 7.77. The summed E-state index contributed by atoms with van der Waals surface area (Å²) in [5.74, 6) is 0.233. The van der Waals surface area contributed by atoms with Crippen molar-refractivity contribution in [3.63, 3.8) is 0 Å². The van der Waals surface area contributed by atoms with Gasteiger partial charge in [-0.2, -0.15) is 0 Å². The maximum Gasteiger partial charge on any atom is 1.00 e. The highest BCUT2D eigenvalue weighted by atomic mass is 35.5. The van der Waals surface area contributed by atoms with E-state index in [-0.39, 0.29) is 20.3 Å². The summed E-state index contributed by atoms with van der Waals surface area (Å²) in [4.78, 5) is 23.0. The number of halogens is 1. The molecule has 3 rings (SSSR count). The number of fused-ring (bicyclic) bond motifs is 1. The van der Waals surface area contributed by atoms with E-state index in [1.54, 1.807) is 0 Å². The Hall–Kier alpha value is -1.40. The van der Waals surface area contributed by atoms with E-state index in [1.807, 2.05) is 12.1 Å². The summed E-state index contributed by atoms with van der Waals surface area (Å²) in [7, 11) is 0. The largest absolute Gasteiger partial charge is 1.00 e. The normalized spacial score (nSPS) is 15.0. The van der Waals surface area contributed by atoms with Crippen molar-refractivity contribution >= 4 is 33.5 Å². The van der Waals surface area contributed by atoms with Crippen LogP contribution in [0.2, 0.25) is 0 Å². The third-order valence-electron chi connectivity index (χ3n) is 3.52. The number of aryl methyl sites for hydroxylation is 1. The van der Waals surface area contributed by atoms with Gasteiger partial charge in [0.1, 0.15) is 16.2 Å². The molecule has 2 aromatic heterocycles.